The lowest BCUT2D eigenvalue weighted by Gasteiger charge is -2.34. The number of nitrogens with two attached hydrogens (primary N) is 1. The summed E-state index contributed by atoms with van der Waals surface area (Å²) < 4.78 is 0. The Labute approximate surface area is 108 Å². The molecule has 1 unspecified atom stereocenters. The molecule has 0 fully saturated rings. The first kappa shape index (κ1) is 11.5. The van der Waals surface area contributed by atoms with Gasteiger partial charge in [0.15, 0.2) is 0 Å². The molecule has 1 atom stereocenters. The van der Waals surface area contributed by atoms with Crippen LogP contribution >= 0.6 is 0 Å². The molecule has 0 saturated heterocycles. The third-order valence-electron chi connectivity index (χ3n) is 3.77. The van der Waals surface area contributed by atoms with Crippen molar-refractivity contribution in [3.63, 3.8) is 0 Å². The Hall–Kier alpha value is -1.61. The van der Waals surface area contributed by atoms with Gasteiger partial charge in [0.05, 0.1) is 5.52 Å². The molecule has 3 rings (SSSR count). The molecule has 0 amide bonds. The van der Waals surface area contributed by atoms with E-state index >= 15 is 0 Å². The largest absolute Gasteiger partial charge is 0.352 e. The quantitative estimate of drug-likeness (QED) is 0.877. The van der Waals surface area contributed by atoms with Crippen LogP contribution in [0.25, 0.3) is 10.9 Å². The fraction of sp³-hybridized carbons (Fsp3) is 0.400. The number of rotatable bonds is 2. The maximum Gasteiger partial charge on any atom is 0.132 e. The van der Waals surface area contributed by atoms with Crippen LogP contribution in [0.1, 0.15) is 18.9 Å². The van der Waals surface area contributed by atoms with E-state index in [4.69, 9.17) is 10.7 Å². The molecule has 0 aliphatic carbocycles. The number of aryl methyl sites for hydroxylation is 1. The highest BCUT2D eigenvalue weighted by Crippen LogP contribution is 2.29. The zero-order valence-electron chi connectivity index (χ0n) is 10.8. The molecule has 3 heteroatoms. The van der Waals surface area contributed by atoms with Crippen LogP contribution in [0, 0.1) is 0 Å². The smallest absolute Gasteiger partial charge is 0.132 e. The van der Waals surface area contributed by atoms with E-state index < -0.39 is 0 Å². The number of anilines is 1. The van der Waals surface area contributed by atoms with Crippen molar-refractivity contribution in [2.45, 2.75) is 25.8 Å². The van der Waals surface area contributed by atoms with Gasteiger partial charge in [0.25, 0.3) is 0 Å². The minimum absolute atomic E-state index is 0.359. The molecule has 0 radical (unpaired) electrons. The van der Waals surface area contributed by atoms with Crippen LogP contribution in [0.5, 0.6) is 0 Å². The molecule has 94 valence electrons. The van der Waals surface area contributed by atoms with Gasteiger partial charge < -0.3 is 10.6 Å². The lowest BCUT2D eigenvalue weighted by molar-refractivity contribution is 0.591. The first-order valence-corrected chi connectivity index (χ1v) is 6.65. The Kier molecular flexibility index (Phi) is 2.92. The van der Waals surface area contributed by atoms with Crippen molar-refractivity contribution in [3.05, 3.63) is 35.9 Å². The van der Waals surface area contributed by atoms with Gasteiger partial charge in [0.2, 0.25) is 0 Å². The predicted molar refractivity (Wildman–Crippen MR) is 75.9 cm³/mol. The van der Waals surface area contributed by atoms with Gasteiger partial charge in [-0.25, -0.2) is 4.98 Å². The summed E-state index contributed by atoms with van der Waals surface area (Å²) in [6.45, 7) is 3.91. The number of pyridine rings is 1. The summed E-state index contributed by atoms with van der Waals surface area (Å²) in [5.74, 6) is 1.14. The monoisotopic (exact) mass is 241 g/mol. The summed E-state index contributed by atoms with van der Waals surface area (Å²) in [4.78, 5) is 7.19. The fourth-order valence-electron chi connectivity index (χ4n) is 2.68. The van der Waals surface area contributed by atoms with Gasteiger partial charge in [-0.3, -0.25) is 0 Å². The zero-order valence-corrected chi connectivity index (χ0v) is 10.8. The number of benzene rings is 1. The molecule has 18 heavy (non-hydrogen) atoms. The van der Waals surface area contributed by atoms with E-state index in [0.29, 0.717) is 12.6 Å². The summed E-state index contributed by atoms with van der Waals surface area (Å²) >= 11 is 0. The minimum atomic E-state index is 0.359. The van der Waals surface area contributed by atoms with Crippen molar-refractivity contribution in [2.24, 2.45) is 5.73 Å². The molecular formula is C15H19N3. The molecule has 1 aliphatic rings. The van der Waals surface area contributed by atoms with Crippen molar-refractivity contribution in [1.29, 1.82) is 0 Å². The van der Waals surface area contributed by atoms with Gasteiger partial charge in [-0.2, -0.15) is 0 Å². The Bertz CT molecular complexity index is 565. The van der Waals surface area contributed by atoms with Gasteiger partial charge in [-0.15, -0.1) is 0 Å². The Morgan fingerprint density at radius 3 is 3.06 bits per heavy atom. The minimum Gasteiger partial charge on any atom is -0.352 e. The van der Waals surface area contributed by atoms with Crippen molar-refractivity contribution in [1.82, 2.24) is 4.98 Å². The Balaban J connectivity index is 2.13. The van der Waals surface area contributed by atoms with Crippen molar-refractivity contribution in [2.75, 3.05) is 18.0 Å². The number of hydrogen-bond acceptors (Lipinski definition) is 3. The van der Waals surface area contributed by atoms with E-state index in [1.807, 2.05) is 6.07 Å². The maximum absolute atomic E-state index is 5.80. The number of nitrogens with zero attached hydrogens (tertiary/aromatic N) is 2. The lowest BCUT2D eigenvalue weighted by atomic mass is 10.0. The van der Waals surface area contributed by atoms with Gasteiger partial charge >= 0.3 is 0 Å². The third-order valence-corrected chi connectivity index (χ3v) is 3.77. The molecule has 0 saturated carbocycles. The molecule has 0 bridgehead atoms. The van der Waals surface area contributed by atoms with Crippen LogP contribution in [0.15, 0.2) is 30.3 Å². The SMILES string of the molecule is CC(CN)N1CCCc2cc3ccccc3nc21. The maximum atomic E-state index is 5.80. The average molecular weight is 241 g/mol. The summed E-state index contributed by atoms with van der Waals surface area (Å²) in [6.07, 6.45) is 2.32. The van der Waals surface area contributed by atoms with Crippen LogP contribution in [-0.4, -0.2) is 24.1 Å². The van der Waals surface area contributed by atoms with Crippen molar-refractivity contribution >= 4 is 16.7 Å². The van der Waals surface area contributed by atoms with E-state index in [2.05, 4.69) is 36.1 Å². The fourth-order valence-corrected chi connectivity index (χ4v) is 2.68. The summed E-state index contributed by atoms with van der Waals surface area (Å²) in [5, 5.41) is 1.23. The Morgan fingerprint density at radius 1 is 1.39 bits per heavy atom. The van der Waals surface area contributed by atoms with Crippen LogP contribution in [-0.2, 0) is 6.42 Å². The van der Waals surface area contributed by atoms with E-state index in [1.54, 1.807) is 0 Å². The van der Waals surface area contributed by atoms with E-state index in [-0.39, 0.29) is 0 Å². The molecule has 2 aromatic rings. The summed E-state index contributed by atoms with van der Waals surface area (Å²) in [5.41, 5.74) is 8.24. The normalized spacial score (nSPS) is 16.7. The first-order chi connectivity index (χ1) is 8.79. The van der Waals surface area contributed by atoms with Crippen LogP contribution < -0.4 is 10.6 Å². The van der Waals surface area contributed by atoms with Gasteiger partial charge in [-0.1, -0.05) is 18.2 Å². The molecule has 2 heterocycles. The number of fused-ring (bicyclic) bond motifs is 2. The van der Waals surface area contributed by atoms with Crippen LogP contribution in [0.2, 0.25) is 0 Å². The highest BCUT2D eigenvalue weighted by Gasteiger charge is 2.22. The van der Waals surface area contributed by atoms with Gasteiger partial charge in [0, 0.05) is 24.5 Å². The molecule has 3 nitrogen and oxygen atoms in total. The molecule has 1 aromatic heterocycles. The number of hydrogen-bond donors (Lipinski definition) is 1. The van der Waals surface area contributed by atoms with Gasteiger partial charge in [0.1, 0.15) is 5.82 Å². The second-order valence-electron chi connectivity index (χ2n) is 5.05. The first-order valence-electron chi connectivity index (χ1n) is 6.65. The predicted octanol–water partition coefficient (Wildman–Crippen LogP) is 2.33. The van der Waals surface area contributed by atoms with E-state index in [1.165, 1.54) is 17.4 Å². The van der Waals surface area contributed by atoms with Crippen LogP contribution in [0.3, 0.4) is 0 Å². The standard InChI is InChI=1S/C15H19N3/c1-11(10-16)18-8-4-6-13-9-12-5-2-3-7-14(12)17-15(13)18/h2-3,5,7,9,11H,4,6,8,10,16H2,1H3. The molecule has 2 N–H and O–H groups in total. The van der Waals surface area contributed by atoms with E-state index in [9.17, 15) is 0 Å². The molecule has 0 spiro atoms. The summed E-state index contributed by atoms with van der Waals surface area (Å²) in [6, 6.07) is 11.0. The summed E-state index contributed by atoms with van der Waals surface area (Å²) in [7, 11) is 0. The highest BCUT2D eigenvalue weighted by molar-refractivity contribution is 5.82. The van der Waals surface area contributed by atoms with Crippen LogP contribution in [0.4, 0.5) is 5.82 Å². The second-order valence-corrected chi connectivity index (χ2v) is 5.05. The molecule has 1 aliphatic heterocycles. The van der Waals surface area contributed by atoms with Gasteiger partial charge in [-0.05, 0) is 37.5 Å². The molecule has 1 aromatic carbocycles. The second kappa shape index (κ2) is 4.58. The highest BCUT2D eigenvalue weighted by atomic mass is 15.2. The van der Waals surface area contributed by atoms with Crippen molar-refractivity contribution < 1.29 is 0 Å². The zero-order chi connectivity index (χ0) is 12.5. The average Bonchev–Trinajstić information content (AvgIpc) is 2.43. The number of para-hydroxylation sites is 1. The number of aromatic nitrogens is 1. The van der Waals surface area contributed by atoms with Crippen molar-refractivity contribution in [3.8, 4) is 0 Å². The molecular weight excluding hydrogens is 222 g/mol. The Morgan fingerprint density at radius 2 is 2.22 bits per heavy atom. The topological polar surface area (TPSA) is 42.1 Å². The third kappa shape index (κ3) is 1.85. The van der Waals surface area contributed by atoms with E-state index in [0.717, 1.165) is 24.3 Å². The lowest BCUT2D eigenvalue weighted by Crippen LogP contribution is -2.42.